The van der Waals surface area contributed by atoms with Crippen LogP contribution in [0.1, 0.15) is 11.1 Å². The van der Waals surface area contributed by atoms with Gasteiger partial charge in [-0.3, -0.25) is 0 Å². The summed E-state index contributed by atoms with van der Waals surface area (Å²) < 4.78 is 2.30. The number of hydrogen-bond acceptors (Lipinski definition) is 1. The fraction of sp³-hybridized carbons (Fsp3) is 0.176. The Morgan fingerprint density at radius 3 is 2.53 bits per heavy atom. The highest BCUT2D eigenvalue weighted by Gasteiger charge is 2.03. The second kappa shape index (κ2) is 5.29. The normalized spacial score (nSPS) is 11.0. The molecule has 3 aromatic rings. The summed E-state index contributed by atoms with van der Waals surface area (Å²) in [5.74, 6) is 0. The van der Waals surface area contributed by atoms with E-state index in [0.29, 0.717) is 6.54 Å². The van der Waals surface area contributed by atoms with Crippen molar-refractivity contribution in [2.24, 2.45) is 5.73 Å². The van der Waals surface area contributed by atoms with E-state index in [-0.39, 0.29) is 0 Å². The Kier molecular flexibility index (Phi) is 3.34. The smallest absolute Gasteiger partial charge is 0.0486 e. The van der Waals surface area contributed by atoms with Gasteiger partial charge in [-0.1, -0.05) is 42.5 Å². The molecule has 2 aromatic carbocycles. The number of nitrogens with two attached hydrogens (primary N) is 1. The molecule has 0 unspecified atom stereocenters. The molecule has 0 spiro atoms. The molecule has 0 atom stereocenters. The topological polar surface area (TPSA) is 30.9 Å². The molecular formula is C17H18N2. The minimum absolute atomic E-state index is 0.699. The van der Waals surface area contributed by atoms with Gasteiger partial charge in [0, 0.05) is 18.3 Å². The zero-order valence-corrected chi connectivity index (χ0v) is 10.9. The largest absolute Gasteiger partial charge is 0.343 e. The van der Waals surface area contributed by atoms with Crippen molar-refractivity contribution in [3.05, 3.63) is 71.9 Å². The van der Waals surface area contributed by atoms with Gasteiger partial charge >= 0.3 is 0 Å². The van der Waals surface area contributed by atoms with Gasteiger partial charge in [0.15, 0.2) is 0 Å². The van der Waals surface area contributed by atoms with Gasteiger partial charge in [0.1, 0.15) is 0 Å². The van der Waals surface area contributed by atoms with Crippen LogP contribution in [0.15, 0.2) is 60.8 Å². The fourth-order valence-corrected chi connectivity index (χ4v) is 2.47. The molecule has 0 aliphatic rings. The molecule has 0 aliphatic carbocycles. The third-order valence-electron chi connectivity index (χ3n) is 3.47. The van der Waals surface area contributed by atoms with Crippen LogP contribution in [-0.2, 0) is 13.0 Å². The summed E-state index contributed by atoms with van der Waals surface area (Å²) in [4.78, 5) is 0. The molecule has 0 saturated carbocycles. The van der Waals surface area contributed by atoms with E-state index in [1.165, 1.54) is 22.0 Å². The van der Waals surface area contributed by atoms with E-state index >= 15 is 0 Å². The summed E-state index contributed by atoms with van der Waals surface area (Å²) in [6, 6.07) is 19.3. The average molecular weight is 250 g/mol. The molecule has 0 aliphatic heterocycles. The first-order chi connectivity index (χ1) is 9.36. The monoisotopic (exact) mass is 250 g/mol. The van der Waals surface area contributed by atoms with E-state index < -0.39 is 0 Å². The van der Waals surface area contributed by atoms with Gasteiger partial charge in [-0.15, -0.1) is 0 Å². The maximum absolute atomic E-state index is 5.63. The van der Waals surface area contributed by atoms with Crippen LogP contribution in [0.5, 0.6) is 0 Å². The van der Waals surface area contributed by atoms with Crippen LogP contribution >= 0.6 is 0 Å². The molecule has 0 radical (unpaired) electrons. The van der Waals surface area contributed by atoms with Crippen molar-refractivity contribution in [3.8, 4) is 0 Å². The summed E-state index contributed by atoms with van der Waals surface area (Å²) in [5, 5.41) is 1.29. The number of benzene rings is 2. The third-order valence-corrected chi connectivity index (χ3v) is 3.47. The van der Waals surface area contributed by atoms with Gasteiger partial charge in [0.2, 0.25) is 0 Å². The van der Waals surface area contributed by atoms with Crippen LogP contribution in [0.4, 0.5) is 0 Å². The summed E-state index contributed by atoms with van der Waals surface area (Å²) in [7, 11) is 0. The first kappa shape index (κ1) is 12.0. The third kappa shape index (κ3) is 2.54. The summed E-state index contributed by atoms with van der Waals surface area (Å²) in [5.41, 5.74) is 9.55. The highest BCUT2D eigenvalue weighted by atomic mass is 14.9. The van der Waals surface area contributed by atoms with Crippen molar-refractivity contribution in [2.75, 3.05) is 6.54 Å². The molecule has 1 aromatic heterocycles. The summed E-state index contributed by atoms with van der Waals surface area (Å²) in [6.07, 6.45) is 3.09. The van der Waals surface area contributed by atoms with E-state index in [1.807, 2.05) is 0 Å². The molecule has 0 amide bonds. The van der Waals surface area contributed by atoms with Gasteiger partial charge in [0.05, 0.1) is 0 Å². The minimum atomic E-state index is 0.699. The maximum Gasteiger partial charge on any atom is 0.0486 e. The number of hydrogen-bond donors (Lipinski definition) is 1. The van der Waals surface area contributed by atoms with Crippen LogP contribution in [0, 0.1) is 0 Å². The van der Waals surface area contributed by atoms with E-state index in [2.05, 4.69) is 65.4 Å². The molecular weight excluding hydrogens is 232 g/mol. The number of rotatable bonds is 4. The number of fused-ring (bicyclic) bond motifs is 1. The molecule has 2 heteroatoms. The standard InChI is InChI=1S/C17H18N2/c18-10-8-14-6-7-16-9-11-19(17(16)12-14)13-15-4-2-1-3-5-15/h1-7,9,11-12H,8,10,13,18H2. The Balaban J connectivity index is 1.97. The zero-order valence-electron chi connectivity index (χ0n) is 10.9. The van der Waals surface area contributed by atoms with Crippen LogP contribution in [0.25, 0.3) is 10.9 Å². The fourth-order valence-electron chi connectivity index (χ4n) is 2.47. The SMILES string of the molecule is NCCc1ccc2ccn(Cc3ccccc3)c2c1. The average Bonchev–Trinajstić information content (AvgIpc) is 2.83. The highest BCUT2D eigenvalue weighted by molar-refractivity contribution is 5.81. The molecule has 19 heavy (non-hydrogen) atoms. The molecule has 0 bridgehead atoms. The molecule has 96 valence electrons. The van der Waals surface area contributed by atoms with Gasteiger partial charge in [-0.05, 0) is 41.6 Å². The Morgan fingerprint density at radius 2 is 1.74 bits per heavy atom. The van der Waals surface area contributed by atoms with E-state index in [0.717, 1.165) is 13.0 Å². The molecule has 0 saturated heterocycles. The van der Waals surface area contributed by atoms with E-state index in [1.54, 1.807) is 0 Å². The lowest BCUT2D eigenvalue weighted by molar-refractivity contribution is 0.835. The molecule has 0 fully saturated rings. The Bertz CT molecular complexity index is 668. The van der Waals surface area contributed by atoms with Crippen LogP contribution < -0.4 is 5.73 Å². The molecule has 2 nitrogen and oxygen atoms in total. The van der Waals surface area contributed by atoms with Crippen molar-refractivity contribution in [2.45, 2.75) is 13.0 Å². The van der Waals surface area contributed by atoms with Crippen molar-refractivity contribution in [1.82, 2.24) is 4.57 Å². The zero-order chi connectivity index (χ0) is 13.1. The van der Waals surface area contributed by atoms with Crippen molar-refractivity contribution < 1.29 is 0 Å². The van der Waals surface area contributed by atoms with Crippen LogP contribution in [0.3, 0.4) is 0 Å². The molecule has 2 N–H and O–H groups in total. The van der Waals surface area contributed by atoms with Crippen molar-refractivity contribution >= 4 is 10.9 Å². The van der Waals surface area contributed by atoms with E-state index in [4.69, 9.17) is 5.73 Å². The second-order valence-electron chi connectivity index (χ2n) is 4.86. The summed E-state index contributed by atoms with van der Waals surface area (Å²) >= 11 is 0. The summed E-state index contributed by atoms with van der Waals surface area (Å²) in [6.45, 7) is 1.61. The lowest BCUT2D eigenvalue weighted by atomic mass is 10.1. The van der Waals surface area contributed by atoms with Crippen LogP contribution in [-0.4, -0.2) is 11.1 Å². The maximum atomic E-state index is 5.63. The van der Waals surface area contributed by atoms with Crippen molar-refractivity contribution in [3.63, 3.8) is 0 Å². The lowest BCUT2D eigenvalue weighted by Gasteiger charge is -2.07. The number of nitrogens with zero attached hydrogens (tertiary/aromatic N) is 1. The first-order valence-corrected chi connectivity index (χ1v) is 6.68. The van der Waals surface area contributed by atoms with Gasteiger partial charge in [-0.25, -0.2) is 0 Å². The number of aromatic nitrogens is 1. The predicted molar refractivity (Wildman–Crippen MR) is 80.2 cm³/mol. The minimum Gasteiger partial charge on any atom is -0.343 e. The van der Waals surface area contributed by atoms with E-state index in [9.17, 15) is 0 Å². The lowest BCUT2D eigenvalue weighted by Crippen LogP contribution is -2.03. The quantitative estimate of drug-likeness (QED) is 0.757. The molecule has 3 rings (SSSR count). The van der Waals surface area contributed by atoms with Crippen molar-refractivity contribution in [1.29, 1.82) is 0 Å². The Morgan fingerprint density at radius 1 is 0.895 bits per heavy atom. The first-order valence-electron chi connectivity index (χ1n) is 6.68. The van der Waals surface area contributed by atoms with Gasteiger partial charge < -0.3 is 10.3 Å². The Hall–Kier alpha value is -2.06. The Labute approximate surface area is 113 Å². The molecule has 1 heterocycles. The highest BCUT2D eigenvalue weighted by Crippen LogP contribution is 2.19. The van der Waals surface area contributed by atoms with Gasteiger partial charge in [0.25, 0.3) is 0 Å². The second-order valence-corrected chi connectivity index (χ2v) is 4.86. The van der Waals surface area contributed by atoms with Crippen LogP contribution in [0.2, 0.25) is 0 Å². The van der Waals surface area contributed by atoms with Gasteiger partial charge in [-0.2, -0.15) is 0 Å². The predicted octanol–water partition coefficient (Wildman–Crippen LogP) is 3.19.